The second-order valence-corrected chi connectivity index (χ2v) is 7.57. The van der Waals surface area contributed by atoms with Crippen molar-refractivity contribution in [3.05, 3.63) is 52.9 Å². The number of carboxylic acid groups (broad SMARTS) is 1. The van der Waals surface area contributed by atoms with Crippen molar-refractivity contribution in [2.45, 2.75) is 25.2 Å². The van der Waals surface area contributed by atoms with Gasteiger partial charge in [0.1, 0.15) is 23.0 Å². The first-order valence-electron chi connectivity index (χ1n) is 9.07. The molecule has 156 valence electrons. The number of halogens is 2. The maximum atomic E-state index is 13.7. The molecule has 1 fully saturated rings. The van der Waals surface area contributed by atoms with E-state index in [1.54, 1.807) is 30.3 Å². The number of imidazole rings is 1. The zero-order valence-corrected chi connectivity index (χ0v) is 17.0. The molecule has 3 heterocycles. The number of carbonyl (C=O) groups excluding carboxylic acids is 1. The molecule has 4 rings (SSSR count). The van der Waals surface area contributed by atoms with Gasteiger partial charge in [0.2, 0.25) is 0 Å². The van der Waals surface area contributed by atoms with E-state index in [-0.39, 0.29) is 23.3 Å². The number of esters is 1. The van der Waals surface area contributed by atoms with Gasteiger partial charge in [0, 0.05) is 5.92 Å². The van der Waals surface area contributed by atoms with Crippen molar-refractivity contribution in [3.63, 3.8) is 0 Å². The maximum Gasteiger partial charge on any atom is 0.338 e. The third-order valence-corrected chi connectivity index (χ3v) is 5.33. The van der Waals surface area contributed by atoms with Gasteiger partial charge in [-0.25, -0.2) is 9.78 Å². The lowest BCUT2D eigenvalue weighted by Gasteiger charge is -2.19. The molecule has 0 saturated carbocycles. The van der Waals surface area contributed by atoms with E-state index < -0.39 is 36.3 Å². The van der Waals surface area contributed by atoms with Gasteiger partial charge in [-0.05, 0) is 34.5 Å². The van der Waals surface area contributed by atoms with Crippen LogP contribution in [0.4, 0.5) is 4.39 Å². The number of ether oxygens (including phenoxy) is 2. The lowest BCUT2D eigenvalue weighted by atomic mass is 9.99. The van der Waals surface area contributed by atoms with Crippen LogP contribution in [0, 0.1) is 12.0 Å². The molecule has 3 aromatic rings. The fourth-order valence-electron chi connectivity index (χ4n) is 3.50. The average molecular weight is 479 g/mol. The summed E-state index contributed by atoms with van der Waals surface area (Å²) in [6, 6.07) is 8.52. The molecule has 1 N–H and O–H groups in total. The summed E-state index contributed by atoms with van der Waals surface area (Å²) < 4.78 is 26.7. The van der Waals surface area contributed by atoms with Crippen LogP contribution in [0.3, 0.4) is 0 Å². The minimum absolute atomic E-state index is 0.0417. The van der Waals surface area contributed by atoms with E-state index in [1.807, 2.05) is 0 Å². The number of hydrogen-bond acceptors (Lipinski definition) is 7. The molecule has 11 heteroatoms. The van der Waals surface area contributed by atoms with Crippen molar-refractivity contribution < 1.29 is 28.6 Å². The van der Waals surface area contributed by atoms with Crippen LogP contribution < -0.4 is 0 Å². The molecular weight excluding hydrogens is 463 g/mol. The topological polar surface area (TPSA) is 116 Å². The minimum Gasteiger partial charge on any atom is -0.481 e. The lowest BCUT2D eigenvalue weighted by Crippen LogP contribution is -2.20. The number of hydrogen-bond donors (Lipinski definition) is 1. The summed E-state index contributed by atoms with van der Waals surface area (Å²) in [5.74, 6) is -1.94. The number of carboxylic acids is 1. The van der Waals surface area contributed by atoms with Crippen LogP contribution in [-0.2, 0) is 14.3 Å². The van der Waals surface area contributed by atoms with E-state index in [9.17, 15) is 19.1 Å². The van der Waals surface area contributed by atoms with Crippen LogP contribution in [-0.4, -0.2) is 49.3 Å². The Morgan fingerprint density at radius 1 is 1.30 bits per heavy atom. The van der Waals surface area contributed by atoms with Gasteiger partial charge in [0.05, 0.1) is 24.4 Å². The molecule has 9 nitrogen and oxygen atoms in total. The van der Waals surface area contributed by atoms with Gasteiger partial charge in [-0.15, -0.1) is 0 Å². The third-order valence-electron chi connectivity index (χ3n) is 4.77. The zero-order valence-electron chi connectivity index (χ0n) is 15.4. The number of nitrogens with zero attached hydrogens (tertiary/aromatic N) is 4. The molecule has 2 aromatic heterocycles. The molecule has 3 atom stereocenters. The van der Waals surface area contributed by atoms with E-state index >= 15 is 0 Å². The summed E-state index contributed by atoms with van der Waals surface area (Å²) in [5.41, 5.74) is 0.913. The molecule has 0 bridgehead atoms. The van der Waals surface area contributed by atoms with Crippen LogP contribution in [0.15, 0.2) is 41.3 Å². The second-order valence-electron chi connectivity index (χ2n) is 6.81. The van der Waals surface area contributed by atoms with E-state index in [0.29, 0.717) is 17.5 Å². The van der Waals surface area contributed by atoms with Crippen molar-refractivity contribution >= 4 is 39.0 Å². The van der Waals surface area contributed by atoms with Crippen LogP contribution in [0.2, 0.25) is 0 Å². The Morgan fingerprint density at radius 3 is 2.80 bits per heavy atom. The Hall–Kier alpha value is -2.92. The Balaban J connectivity index is 1.54. The fraction of sp³-hybridized carbons (Fsp3) is 0.316. The number of rotatable bonds is 6. The number of aromatic nitrogens is 4. The number of aliphatic carboxylic acids is 1. The summed E-state index contributed by atoms with van der Waals surface area (Å²) in [4.78, 5) is 35.0. The molecule has 1 saturated heterocycles. The fourth-order valence-corrected chi connectivity index (χ4v) is 3.92. The van der Waals surface area contributed by atoms with Crippen LogP contribution in [0.5, 0.6) is 0 Å². The summed E-state index contributed by atoms with van der Waals surface area (Å²) in [6.45, 7) is -0.0417. The van der Waals surface area contributed by atoms with E-state index in [0.717, 1.165) is 0 Å². The molecule has 0 spiro atoms. The SMILES string of the molecule is O=C(O)C[C@H]1C[C@@H](COC(=O)c2ccccc2)O[C@H]1n1cnc2c(Br)nc(F)nc21. The van der Waals surface area contributed by atoms with Gasteiger partial charge < -0.3 is 14.6 Å². The Morgan fingerprint density at radius 2 is 2.07 bits per heavy atom. The summed E-state index contributed by atoms with van der Waals surface area (Å²) in [7, 11) is 0. The minimum atomic E-state index is -0.998. The highest BCUT2D eigenvalue weighted by Gasteiger charge is 2.39. The van der Waals surface area contributed by atoms with Crippen LogP contribution >= 0.6 is 15.9 Å². The highest BCUT2D eigenvalue weighted by atomic mass is 79.9. The molecule has 1 aliphatic heterocycles. The Bertz CT molecular complexity index is 1090. The van der Waals surface area contributed by atoms with E-state index in [1.165, 1.54) is 10.9 Å². The van der Waals surface area contributed by atoms with Crippen molar-refractivity contribution in [1.29, 1.82) is 0 Å². The first-order chi connectivity index (χ1) is 14.4. The molecule has 0 unspecified atom stereocenters. The van der Waals surface area contributed by atoms with Crippen molar-refractivity contribution in [2.75, 3.05) is 6.61 Å². The molecule has 30 heavy (non-hydrogen) atoms. The van der Waals surface area contributed by atoms with Crippen molar-refractivity contribution in [3.8, 4) is 0 Å². The first-order valence-corrected chi connectivity index (χ1v) is 9.86. The van der Waals surface area contributed by atoms with Gasteiger partial charge in [-0.3, -0.25) is 9.36 Å². The van der Waals surface area contributed by atoms with Gasteiger partial charge >= 0.3 is 18.0 Å². The van der Waals surface area contributed by atoms with E-state index in [2.05, 4.69) is 30.9 Å². The molecule has 0 aliphatic carbocycles. The van der Waals surface area contributed by atoms with Crippen molar-refractivity contribution in [2.24, 2.45) is 5.92 Å². The Labute approximate surface area is 178 Å². The third kappa shape index (κ3) is 4.17. The van der Waals surface area contributed by atoms with Gasteiger partial charge in [0.15, 0.2) is 5.65 Å². The maximum absolute atomic E-state index is 13.7. The number of carbonyl (C=O) groups is 2. The molecule has 1 aliphatic rings. The largest absolute Gasteiger partial charge is 0.481 e. The number of fused-ring (bicyclic) bond motifs is 1. The van der Waals surface area contributed by atoms with E-state index in [4.69, 9.17) is 9.47 Å². The smallest absolute Gasteiger partial charge is 0.338 e. The first kappa shape index (κ1) is 20.4. The summed E-state index contributed by atoms with van der Waals surface area (Å²) in [5, 5.41) is 9.28. The molecular formula is C19H16BrFN4O5. The van der Waals surface area contributed by atoms with Gasteiger partial charge in [-0.2, -0.15) is 14.4 Å². The second kappa shape index (κ2) is 8.44. The standard InChI is InChI=1S/C19H16BrFN4O5/c20-15-14-16(24-19(21)23-15)25(9-22-14)17-11(7-13(26)27)6-12(30-17)8-29-18(28)10-4-2-1-3-5-10/h1-5,9,11-12,17H,6-8H2,(H,26,27)/t11-,12+,17-/m1/s1. The molecule has 0 amide bonds. The van der Waals surface area contributed by atoms with Gasteiger partial charge in [-0.1, -0.05) is 18.2 Å². The molecule has 0 radical (unpaired) electrons. The van der Waals surface area contributed by atoms with Crippen LogP contribution in [0.1, 0.15) is 29.4 Å². The average Bonchev–Trinajstić information content (AvgIpc) is 3.30. The number of benzene rings is 1. The highest BCUT2D eigenvalue weighted by Crippen LogP contribution is 2.38. The molecule has 1 aromatic carbocycles. The van der Waals surface area contributed by atoms with Crippen LogP contribution in [0.25, 0.3) is 11.2 Å². The quantitative estimate of drug-likeness (QED) is 0.326. The van der Waals surface area contributed by atoms with Gasteiger partial charge in [0.25, 0.3) is 0 Å². The monoisotopic (exact) mass is 478 g/mol. The normalized spacial score (nSPS) is 21.1. The lowest BCUT2D eigenvalue weighted by molar-refractivity contribution is -0.139. The zero-order chi connectivity index (χ0) is 21.3. The van der Waals surface area contributed by atoms with Crippen molar-refractivity contribution in [1.82, 2.24) is 19.5 Å². The summed E-state index contributed by atoms with van der Waals surface area (Å²) in [6.07, 6.45) is -0.665. The Kier molecular flexibility index (Phi) is 5.73. The highest BCUT2D eigenvalue weighted by molar-refractivity contribution is 9.10. The predicted molar refractivity (Wildman–Crippen MR) is 104 cm³/mol. The predicted octanol–water partition coefficient (Wildman–Crippen LogP) is 2.96. The summed E-state index contributed by atoms with van der Waals surface area (Å²) >= 11 is 3.14.